The minimum atomic E-state index is 0.104. The van der Waals surface area contributed by atoms with Crippen molar-refractivity contribution in [2.24, 2.45) is 0 Å². The van der Waals surface area contributed by atoms with Gasteiger partial charge in [0.1, 0.15) is 0 Å². The second kappa shape index (κ2) is 7.79. The van der Waals surface area contributed by atoms with Crippen LogP contribution in [-0.4, -0.2) is 26.0 Å². The molecule has 4 rings (SSSR count). The van der Waals surface area contributed by atoms with Gasteiger partial charge >= 0.3 is 0 Å². The largest absolute Gasteiger partial charge is 0.294 e. The van der Waals surface area contributed by atoms with Crippen LogP contribution in [0.5, 0.6) is 0 Å². The molecule has 0 aliphatic carbocycles. The number of thioether (sulfide) groups is 1. The highest BCUT2D eigenvalue weighted by molar-refractivity contribution is 7.98. The molecule has 0 amide bonds. The predicted molar refractivity (Wildman–Crippen MR) is 117 cm³/mol. The molecular formula is C23H22N4OS. The Labute approximate surface area is 174 Å². The van der Waals surface area contributed by atoms with Crippen molar-refractivity contribution in [3.8, 4) is 5.69 Å². The van der Waals surface area contributed by atoms with E-state index in [0.29, 0.717) is 5.75 Å². The number of nitrogens with zero attached hydrogens (tertiary/aromatic N) is 4. The smallest absolute Gasteiger partial charge is 0.214 e. The SMILES string of the molecule is CC(=O)c1c(C)cc(C)c(CSc2nnnn2-c2cccc3ccccc23)c1C. The molecule has 1 aromatic heterocycles. The number of carbonyl (C=O) groups is 1. The van der Waals surface area contributed by atoms with Gasteiger partial charge in [-0.3, -0.25) is 4.79 Å². The van der Waals surface area contributed by atoms with Crippen molar-refractivity contribution < 1.29 is 4.79 Å². The summed E-state index contributed by atoms with van der Waals surface area (Å²) in [6.45, 7) is 7.74. The molecular weight excluding hydrogens is 380 g/mol. The van der Waals surface area contributed by atoms with Gasteiger partial charge in [0.15, 0.2) is 5.78 Å². The number of Topliss-reactive ketones (excluding diaryl/α,β-unsaturated/α-hetero) is 1. The van der Waals surface area contributed by atoms with Crippen LogP contribution < -0.4 is 0 Å². The van der Waals surface area contributed by atoms with Crippen LogP contribution in [0.4, 0.5) is 0 Å². The molecule has 0 radical (unpaired) electrons. The second-order valence-electron chi connectivity index (χ2n) is 7.21. The van der Waals surface area contributed by atoms with E-state index in [2.05, 4.69) is 46.7 Å². The predicted octanol–water partition coefficient (Wildman–Crippen LogP) is 5.24. The number of ketones is 1. The summed E-state index contributed by atoms with van der Waals surface area (Å²) in [4.78, 5) is 12.1. The number of hydrogen-bond donors (Lipinski definition) is 0. The van der Waals surface area contributed by atoms with E-state index in [9.17, 15) is 4.79 Å². The molecule has 1 heterocycles. The molecule has 0 atom stereocenters. The number of aryl methyl sites for hydroxylation is 2. The van der Waals surface area contributed by atoms with Crippen molar-refractivity contribution >= 4 is 28.3 Å². The lowest BCUT2D eigenvalue weighted by Crippen LogP contribution is -2.06. The van der Waals surface area contributed by atoms with Crippen LogP contribution in [0.1, 0.15) is 39.5 Å². The lowest BCUT2D eigenvalue weighted by molar-refractivity contribution is 0.101. The Morgan fingerprint density at radius 3 is 2.59 bits per heavy atom. The zero-order valence-corrected chi connectivity index (χ0v) is 17.7. The van der Waals surface area contributed by atoms with E-state index in [1.165, 1.54) is 11.1 Å². The number of tetrazole rings is 1. The standard InChI is InChI=1S/C23H22N4OS/c1-14-12-15(2)22(17(4)28)16(3)20(14)13-29-23-24-25-26-27(23)21-11-7-9-18-8-5-6-10-19(18)21/h5-12H,13H2,1-4H3. The molecule has 0 aliphatic heterocycles. The first-order chi connectivity index (χ1) is 14.0. The lowest BCUT2D eigenvalue weighted by atomic mass is 9.92. The summed E-state index contributed by atoms with van der Waals surface area (Å²) in [5, 5.41) is 15.4. The summed E-state index contributed by atoms with van der Waals surface area (Å²) in [6.07, 6.45) is 0. The first kappa shape index (κ1) is 19.3. The highest BCUT2D eigenvalue weighted by atomic mass is 32.2. The van der Waals surface area contributed by atoms with Crippen molar-refractivity contribution in [1.82, 2.24) is 20.2 Å². The van der Waals surface area contributed by atoms with Crippen molar-refractivity contribution in [2.45, 2.75) is 38.6 Å². The first-order valence-electron chi connectivity index (χ1n) is 9.47. The summed E-state index contributed by atoms with van der Waals surface area (Å²) in [5.74, 6) is 0.801. The van der Waals surface area contributed by atoms with E-state index in [4.69, 9.17) is 0 Å². The molecule has 0 spiro atoms. The van der Waals surface area contributed by atoms with Gasteiger partial charge in [-0.25, -0.2) is 0 Å². The highest BCUT2D eigenvalue weighted by Crippen LogP contribution is 2.31. The maximum absolute atomic E-state index is 12.1. The van der Waals surface area contributed by atoms with Gasteiger partial charge in [0.25, 0.3) is 0 Å². The zero-order chi connectivity index (χ0) is 20.5. The molecule has 0 saturated carbocycles. The van der Waals surface area contributed by atoms with Gasteiger partial charge < -0.3 is 0 Å². The number of aromatic nitrogens is 4. The molecule has 5 nitrogen and oxygen atoms in total. The minimum Gasteiger partial charge on any atom is -0.294 e. The molecule has 0 aliphatic rings. The summed E-state index contributed by atoms with van der Waals surface area (Å²) < 4.78 is 1.79. The van der Waals surface area contributed by atoms with Crippen LogP contribution in [0.25, 0.3) is 16.5 Å². The third-order valence-electron chi connectivity index (χ3n) is 5.26. The maximum atomic E-state index is 12.1. The summed E-state index contributed by atoms with van der Waals surface area (Å²) >= 11 is 1.58. The average molecular weight is 403 g/mol. The number of rotatable bonds is 5. The van der Waals surface area contributed by atoms with E-state index >= 15 is 0 Å². The molecule has 3 aromatic carbocycles. The normalized spacial score (nSPS) is 11.2. The Morgan fingerprint density at radius 2 is 1.79 bits per heavy atom. The Balaban J connectivity index is 1.70. The van der Waals surface area contributed by atoms with Crippen molar-refractivity contribution in [3.05, 3.63) is 76.3 Å². The van der Waals surface area contributed by atoms with E-state index in [1.807, 2.05) is 38.1 Å². The summed E-state index contributed by atoms with van der Waals surface area (Å²) in [7, 11) is 0. The highest BCUT2D eigenvalue weighted by Gasteiger charge is 2.17. The van der Waals surface area contributed by atoms with Crippen LogP contribution in [0.15, 0.2) is 53.7 Å². The molecule has 0 N–H and O–H groups in total. The number of carbonyl (C=O) groups excluding carboxylic acids is 1. The fourth-order valence-electron chi connectivity index (χ4n) is 3.94. The van der Waals surface area contributed by atoms with E-state index in [-0.39, 0.29) is 5.78 Å². The topological polar surface area (TPSA) is 60.7 Å². The minimum absolute atomic E-state index is 0.104. The van der Waals surface area contributed by atoms with E-state index < -0.39 is 0 Å². The Bertz CT molecular complexity index is 1220. The molecule has 0 bridgehead atoms. The van der Waals surface area contributed by atoms with Crippen molar-refractivity contribution in [1.29, 1.82) is 0 Å². The Kier molecular flexibility index (Phi) is 5.20. The average Bonchev–Trinajstić information content (AvgIpc) is 3.15. The van der Waals surface area contributed by atoms with Crippen LogP contribution in [0, 0.1) is 20.8 Å². The van der Waals surface area contributed by atoms with Gasteiger partial charge in [-0.05, 0) is 71.8 Å². The molecule has 0 fully saturated rings. The van der Waals surface area contributed by atoms with Crippen LogP contribution >= 0.6 is 11.8 Å². The Hall–Kier alpha value is -2.99. The van der Waals surface area contributed by atoms with Gasteiger partial charge in [0, 0.05) is 16.7 Å². The van der Waals surface area contributed by atoms with Gasteiger partial charge in [-0.2, -0.15) is 4.68 Å². The van der Waals surface area contributed by atoms with Crippen LogP contribution in [-0.2, 0) is 5.75 Å². The maximum Gasteiger partial charge on any atom is 0.214 e. The first-order valence-corrected chi connectivity index (χ1v) is 10.5. The fraction of sp³-hybridized carbons (Fsp3) is 0.217. The third-order valence-corrected chi connectivity index (χ3v) is 6.21. The summed E-state index contributed by atoms with van der Waals surface area (Å²) in [5.41, 5.74) is 6.20. The molecule has 0 unspecified atom stereocenters. The molecule has 146 valence electrons. The zero-order valence-electron chi connectivity index (χ0n) is 16.9. The molecule has 4 aromatic rings. The lowest BCUT2D eigenvalue weighted by Gasteiger charge is -2.15. The second-order valence-corrected chi connectivity index (χ2v) is 8.15. The van der Waals surface area contributed by atoms with Gasteiger partial charge in [-0.1, -0.05) is 54.2 Å². The molecule has 0 saturated heterocycles. The van der Waals surface area contributed by atoms with Crippen molar-refractivity contribution in [3.63, 3.8) is 0 Å². The van der Waals surface area contributed by atoms with Gasteiger partial charge in [0.2, 0.25) is 5.16 Å². The van der Waals surface area contributed by atoms with E-state index in [1.54, 1.807) is 23.4 Å². The van der Waals surface area contributed by atoms with Crippen LogP contribution in [0.2, 0.25) is 0 Å². The van der Waals surface area contributed by atoms with E-state index in [0.717, 1.165) is 38.3 Å². The van der Waals surface area contributed by atoms with Gasteiger partial charge in [0.05, 0.1) is 5.69 Å². The third kappa shape index (κ3) is 3.56. The number of hydrogen-bond acceptors (Lipinski definition) is 5. The van der Waals surface area contributed by atoms with Crippen molar-refractivity contribution in [2.75, 3.05) is 0 Å². The molecule has 29 heavy (non-hydrogen) atoms. The monoisotopic (exact) mass is 402 g/mol. The fourth-order valence-corrected chi connectivity index (χ4v) is 5.01. The van der Waals surface area contributed by atoms with Crippen LogP contribution in [0.3, 0.4) is 0 Å². The molecule has 6 heteroatoms. The Morgan fingerprint density at radius 1 is 1.03 bits per heavy atom. The number of benzene rings is 3. The number of fused-ring (bicyclic) bond motifs is 1. The van der Waals surface area contributed by atoms with Gasteiger partial charge in [-0.15, -0.1) is 5.10 Å². The summed E-state index contributed by atoms with van der Waals surface area (Å²) in [6, 6.07) is 16.4. The quantitative estimate of drug-likeness (QED) is 0.338.